The molecule has 0 atom stereocenters. The first kappa shape index (κ1) is 26.1. The van der Waals surface area contributed by atoms with Crippen LogP contribution in [-0.4, -0.2) is 11.3 Å². The Labute approximate surface area is 272 Å². The second kappa shape index (κ2) is 10.2. The van der Waals surface area contributed by atoms with Gasteiger partial charge in [0, 0.05) is 27.6 Å². The lowest BCUT2D eigenvalue weighted by atomic mass is 9.35. The zero-order chi connectivity index (χ0) is 30.9. The summed E-state index contributed by atoms with van der Waals surface area (Å²) in [7, 11) is 0. The fourth-order valence-corrected chi connectivity index (χ4v) is 7.57. The molecular formula is C42H27BN2O2. The van der Waals surface area contributed by atoms with E-state index in [0.29, 0.717) is 0 Å². The van der Waals surface area contributed by atoms with E-state index in [1.807, 2.05) is 6.07 Å². The summed E-state index contributed by atoms with van der Waals surface area (Å²) >= 11 is 0. The Morgan fingerprint density at radius 3 is 1.87 bits per heavy atom. The Morgan fingerprint density at radius 2 is 1.09 bits per heavy atom. The smallest absolute Gasteiger partial charge is 0.256 e. The maximum absolute atomic E-state index is 7.14. The highest BCUT2D eigenvalue weighted by Gasteiger charge is 2.43. The molecule has 0 saturated heterocycles. The minimum atomic E-state index is -0.126. The Morgan fingerprint density at radius 1 is 0.489 bits per heavy atom. The highest BCUT2D eigenvalue weighted by Crippen LogP contribution is 2.57. The largest absolute Gasteiger partial charge is 0.456 e. The van der Waals surface area contributed by atoms with Crippen molar-refractivity contribution in [3.8, 4) is 28.7 Å². The summed E-state index contributed by atoms with van der Waals surface area (Å²) < 4.78 is 16.6. The zero-order valence-electron chi connectivity index (χ0n) is 25.4. The fourth-order valence-electron chi connectivity index (χ4n) is 7.57. The third kappa shape index (κ3) is 3.77. The van der Waals surface area contributed by atoms with Gasteiger partial charge >= 0.3 is 0 Å². The SMILES string of the molecule is c1ccc(B2c3ccccc3Oc3c2c2c(c4c5ccccc5n(-c5ccccc5)c34)N(c3ccccc3)c3ccccc3O2)cc1. The molecule has 4 nitrogen and oxygen atoms in total. The molecule has 2 aliphatic heterocycles. The normalized spacial score (nSPS) is 12.9. The molecule has 220 valence electrons. The van der Waals surface area contributed by atoms with Crippen molar-refractivity contribution in [1.82, 2.24) is 4.57 Å². The van der Waals surface area contributed by atoms with Crippen molar-refractivity contribution in [1.29, 1.82) is 0 Å². The molecule has 0 aliphatic carbocycles. The minimum absolute atomic E-state index is 0.126. The fraction of sp³-hybridized carbons (Fsp3) is 0. The van der Waals surface area contributed by atoms with E-state index >= 15 is 0 Å². The van der Waals surface area contributed by atoms with Crippen LogP contribution in [0, 0.1) is 0 Å². The molecule has 2 aliphatic rings. The van der Waals surface area contributed by atoms with Gasteiger partial charge in [0.25, 0.3) is 6.71 Å². The van der Waals surface area contributed by atoms with E-state index in [1.165, 1.54) is 5.46 Å². The average Bonchev–Trinajstić information content (AvgIpc) is 3.49. The van der Waals surface area contributed by atoms with Gasteiger partial charge in [-0.3, -0.25) is 0 Å². The third-order valence-corrected chi connectivity index (χ3v) is 9.47. The molecule has 1 aromatic heterocycles. The molecule has 3 heterocycles. The van der Waals surface area contributed by atoms with Crippen LogP contribution in [0.2, 0.25) is 0 Å². The Balaban J connectivity index is 1.45. The van der Waals surface area contributed by atoms with E-state index in [2.05, 4.69) is 167 Å². The van der Waals surface area contributed by atoms with Crippen LogP contribution < -0.4 is 30.8 Å². The van der Waals surface area contributed by atoms with Gasteiger partial charge in [-0.15, -0.1) is 0 Å². The van der Waals surface area contributed by atoms with E-state index in [4.69, 9.17) is 9.47 Å². The predicted molar refractivity (Wildman–Crippen MR) is 193 cm³/mol. The minimum Gasteiger partial charge on any atom is -0.456 e. The van der Waals surface area contributed by atoms with E-state index in [0.717, 1.165) is 78.5 Å². The quantitative estimate of drug-likeness (QED) is 0.189. The second-order valence-corrected chi connectivity index (χ2v) is 12.1. The van der Waals surface area contributed by atoms with Gasteiger partial charge in [-0.25, -0.2) is 0 Å². The number of anilines is 3. The predicted octanol–water partition coefficient (Wildman–Crippen LogP) is 8.98. The molecule has 0 spiro atoms. The monoisotopic (exact) mass is 602 g/mol. The molecule has 10 rings (SSSR count). The number of rotatable bonds is 3. The van der Waals surface area contributed by atoms with Crippen LogP contribution in [0.25, 0.3) is 27.5 Å². The van der Waals surface area contributed by atoms with E-state index in [-0.39, 0.29) is 6.71 Å². The highest BCUT2D eigenvalue weighted by molar-refractivity contribution is 6.97. The van der Waals surface area contributed by atoms with Crippen molar-refractivity contribution in [2.75, 3.05) is 4.90 Å². The van der Waals surface area contributed by atoms with Gasteiger partial charge in [0.15, 0.2) is 17.2 Å². The lowest BCUT2D eigenvalue weighted by Crippen LogP contribution is -2.55. The van der Waals surface area contributed by atoms with E-state index < -0.39 is 0 Å². The van der Waals surface area contributed by atoms with Crippen LogP contribution in [0.1, 0.15) is 0 Å². The third-order valence-electron chi connectivity index (χ3n) is 9.47. The van der Waals surface area contributed by atoms with Crippen molar-refractivity contribution < 1.29 is 9.47 Å². The van der Waals surface area contributed by atoms with Gasteiger partial charge in [0.05, 0.1) is 22.4 Å². The summed E-state index contributed by atoms with van der Waals surface area (Å²) in [6, 6.07) is 57.4. The first-order chi connectivity index (χ1) is 23.4. The zero-order valence-corrected chi connectivity index (χ0v) is 25.4. The van der Waals surface area contributed by atoms with Crippen LogP contribution >= 0.6 is 0 Å². The van der Waals surface area contributed by atoms with Crippen LogP contribution in [0.5, 0.6) is 23.0 Å². The Kier molecular flexibility index (Phi) is 5.63. The number of hydrogen-bond donors (Lipinski definition) is 0. The lowest BCUT2D eigenvalue weighted by molar-refractivity contribution is 0.466. The maximum atomic E-state index is 7.14. The van der Waals surface area contributed by atoms with Crippen molar-refractivity contribution in [3.05, 3.63) is 164 Å². The standard InChI is InChI=1S/C42H27BN2O2/c1-4-16-28(17-5-1)43-32-23-11-14-26-35(32)46-41-38(43)42-40(45(30-20-8-3-9-21-30)34-25-13-15-27-36(34)47-42)37-31-22-10-12-24-33(31)44(39(37)41)29-18-6-2-7-19-29/h1-27H. The summed E-state index contributed by atoms with van der Waals surface area (Å²) in [4.78, 5) is 2.38. The lowest BCUT2D eigenvalue weighted by Gasteiger charge is -2.38. The topological polar surface area (TPSA) is 26.6 Å². The Bertz CT molecular complexity index is 2480. The molecule has 0 fully saturated rings. The Hall–Kier alpha value is -6.20. The number of hydrogen-bond acceptors (Lipinski definition) is 3. The van der Waals surface area contributed by atoms with Gasteiger partial charge in [0.1, 0.15) is 5.75 Å². The highest BCUT2D eigenvalue weighted by atomic mass is 16.5. The molecule has 0 radical (unpaired) electrons. The number of benzene rings is 7. The first-order valence-corrected chi connectivity index (χ1v) is 16.0. The number of para-hydroxylation sites is 6. The summed E-state index contributed by atoms with van der Waals surface area (Å²) in [6.07, 6.45) is 0. The molecule has 0 saturated carbocycles. The van der Waals surface area contributed by atoms with Gasteiger partial charge in [0.2, 0.25) is 0 Å². The molecule has 8 aromatic rings. The van der Waals surface area contributed by atoms with Crippen molar-refractivity contribution in [2.45, 2.75) is 0 Å². The van der Waals surface area contributed by atoms with Crippen LogP contribution in [-0.2, 0) is 0 Å². The van der Waals surface area contributed by atoms with Crippen LogP contribution in [0.15, 0.2) is 164 Å². The number of ether oxygens (including phenoxy) is 2. The number of aromatic nitrogens is 1. The molecule has 0 unspecified atom stereocenters. The van der Waals surface area contributed by atoms with Gasteiger partial charge in [-0.2, -0.15) is 0 Å². The molecule has 47 heavy (non-hydrogen) atoms. The summed E-state index contributed by atoms with van der Waals surface area (Å²) in [6.45, 7) is -0.126. The summed E-state index contributed by atoms with van der Waals surface area (Å²) in [5.74, 6) is 3.30. The average molecular weight is 603 g/mol. The molecule has 0 N–H and O–H groups in total. The van der Waals surface area contributed by atoms with E-state index in [1.54, 1.807) is 0 Å². The molecular weight excluding hydrogens is 575 g/mol. The second-order valence-electron chi connectivity index (χ2n) is 12.1. The van der Waals surface area contributed by atoms with Crippen molar-refractivity contribution >= 4 is 62.0 Å². The van der Waals surface area contributed by atoms with E-state index in [9.17, 15) is 0 Å². The van der Waals surface area contributed by atoms with Gasteiger partial charge < -0.3 is 18.9 Å². The number of fused-ring (bicyclic) bond motifs is 10. The van der Waals surface area contributed by atoms with Crippen LogP contribution in [0.4, 0.5) is 17.1 Å². The molecule has 5 heteroatoms. The molecule has 0 bridgehead atoms. The van der Waals surface area contributed by atoms with Crippen LogP contribution in [0.3, 0.4) is 0 Å². The van der Waals surface area contributed by atoms with Gasteiger partial charge in [-0.05, 0) is 54.0 Å². The molecule has 0 amide bonds. The van der Waals surface area contributed by atoms with Gasteiger partial charge in [-0.1, -0.05) is 121 Å². The summed E-state index contributed by atoms with van der Waals surface area (Å²) in [5.41, 5.74) is 9.59. The summed E-state index contributed by atoms with van der Waals surface area (Å²) in [5, 5.41) is 2.22. The molecule has 7 aromatic carbocycles. The maximum Gasteiger partial charge on any atom is 0.256 e. The van der Waals surface area contributed by atoms with Crippen molar-refractivity contribution in [2.24, 2.45) is 0 Å². The number of nitrogens with zero attached hydrogens (tertiary/aromatic N) is 2. The first-order valence-electron chi connectivity index (χ1n) is 16.0. The van der Waals surface area contributed by atoms with Crippen molar-refractivity contribution in [3.63, 3.8) is 0 Å².